The third kappa shape index (κ3) is 8.52. The largest absolute Gasteiger partial charge is 0.493 e. The van der Waals surface area contributed by atoms with E-state index in [1.54, 1.807) is 14.2 Å². The topological polar surface area (TPSA) is 73.3 Å². The molecule has 1 aromatic carbocycles. The molecule has 0 spiro atoms. The van der Waals surface area contributed by atoms with Crippen molar-refractivity contribution >= 4 is 29.9 Å². The van der Waals surface area contributed by atoms with Crippen LogP contribution in [0.15, 0.2) is 23.2 Å². The molecule has 0 radical (unpaired) electrons. The van der Waals surface area contributed by atoms with Crippen molar-refractivity contribution in [2.24, 2.45) is 4.99 Å². The molecule has 8 heteroatoms. The van der Waals surface area contributed by atoms with E-state index in [9.17, 15) is 0 Å². The van der Waals surface area contributed by atoms with Gasteiger partial charge >= 0.3 is 0 Å². The predicted octanol–water partition coefficient (Wildman–Crippen LogP) is 2.57. The van der Waals surface area contributed by atoms with Crippen molar-refractivity contribution in [1.29, 1.82) is 0 Å². The number of nitrogens with one attached hydrogen (secondary N) is 2. The van der Waals surface area contributed by atoms with Gasteiger partial charge in [0.1, 0.15) is 0 Å². The van der Waals surface area contributed by atoms with Gasteiger partial charge < -0.3 is 29.6 Å². The molecule has 2 rings (SSSR count). The Bertz CT molecular complexity index is 566. The second-order valence-electron chi connectivity index (χ2n) is 5.98. The minimum Gasteiger partial charge on any atom is -0.493 e. The lowest BCUT2D eigenvalue weighted by atomic mass is 10.2. The van der Waals surface area contributed by atoms with Gasteiger partial charge in [-0.05, 0) is 37.5 Å². The zero-order valence-corrected chi connectivity index (χ0v) is 18.8. The maximum absolute atomic E-state index is 5.75. The number of guanidine groups is 1. The molecule has 1 aliphatic heterocycles. The Kier molecular flexibility index (Phi) is 12.2. The van der Waals surface area contributed by atoms with Crippen molar-refractivity contribution in [2.45, 2.75) is 32.4 Å². The minimum atomic E-state index is 0. The fourth-order valence-corrected chi connectivity index (χ4v) is 2.68. The van der Waals surface area contributed by atoms with Crippen molar-refractivity contribution in [3.05, 3.63) is 23.8 Å². The summed E-state index contributed by atoms with van der Waals surface area (Å²) in [5.41, 5.74) is 1.10. The highest BCUT2D eigenvalue weighted by Gasteiger charge is 2.15. The number of halogens is 1. The van der Waals surface area contributed by atoms with Gasteiger partial charge in [-0.15, -0.1) is 24.0 Å². The summed E-state index contributed by atoms with van der Waals surface area (Å²) in [5.74, 6) is 2.26. The summed E-state index contributed by atoms with van der Waals surface area (Å²) in [7, 11) is 3.41. The molecule has 1 fully saturated rings. The molecule has 7 nitrogen and oxygen atoms in total. The first kappa shape index (κ1) is 23.8. The number of hydrogen-bond donors (Lipinski definition) is 2. The third-order valence-electron chi connectivity index (χ3n) is 4.07. The fraction of sp³-hybridized carbons (Fsp3) is 0.632. The van der Waals surface area contributed by atoms with Crippen LogP contribution in [-0.4, -0.2) is 59.2 Å². The van der Waals surface area contributed by atoms with E-state index in [2.05, 4.69) is 15.6 Å². The van der Waals surface area contributed by atoms with Crippen LogP contribution in [0, 0.1) is 0 Å². The van der Waals surface area contributed by atoms with E-state index < -0.39 is 0 Å². The molecule has 0 aliphatic carbocycles. The maximum Gasteiger partial charge on any atom is 0.191 e. The van der Waals surface area contributed by atoms with Gasteiger partial charge in [0.2, 0.25) is 0 Å². The predicted molar refractivity (Wildman–Crippen MR) is 118 cm³/mol. The summed E-state index contributed by atoms with van der Waals surface area (Å²) < 4.78 is 22.0. The highest BCUT2D eigenvalue weighted by Crippen LogP contribution is 2.27. The second-order valence-corrected chi connectivity index (χ2v) is 5.98. The average Bonchev–Trinajstić information content (AvgIpc) is 3.18. The quantitative estimate of drug-likeness (QED) is 0.226. The van der Waals surface area contributed by atoms with Crippen molar-refractivity contribution in [1.82, 2.24) is 10.6 Å². The molecule has 1 heterocycles. The normalized spacial score (nSPS) is 16.6. The molecule has 0 aromatic heterocycles. The highest BCUT2D eigenvalue weighted by molar-refractivity contribution is 14.0. The zero-order valence-electron chi connectivity index (χ0n) is 16.5. The number of benzene rings is 1. The molecule has 1 saturated heterocycles. The van der Waals surface area contributed by atoms with Crippen molar-refractivity contribution in [2.75, 3.05) is 47.1 Å². The molecule has 0 bridgehead atoms. The first-order valence-corrected chi connectivity index (χ1v) is 9.20. The smallest absolute Gasteiger partial charge is 0.191 e. The lowest BCUT2D eigenvalue weighted by Crippen LogP contribution is -2.37. The van der Waals surface area contributed by atoms with E-state index in [-0.39, 0.29) is 30.1 Å². The lowest BCUT2D eigenvalue weighted by Gasteiger charge is -2.14. The molecule has 154 valence electrons. The van der Waals surface area contributed by atoms with Gasteiger partial charge in [0.25, 0.3) is 0 Å². The van der Waals surface area contributed by atoms with Crippen LogP contribution in [-0.2, 0) is 16.0 Å². The Labute approximate surface area is 179 Å². The molecular formula is C19H32IN3O4. The van der Waals surface area contributed by atoms with E-state index in [1.807, 2.05) is 25.1 Å². The summed E-state index contributed by atoms with van der Waals surface area (Å²) in [6, 6.07) is 5.92. The molecule has 1 unspecified atom stereocenters. The van der Waals surface area contributed by atoms with Gasteiger partial charge in [-0.1, -0.05) is 6.07 Å². The summed E-state index contributed by atoms with van der Waals surface area (Å²) >= 11 is 0. The van der Waals surface area contributed by atoms with Gasteiger partial charge in [0, 0.05) is 33.4 Å². The van der Waals surface area contributed by atoms with Crippen LogP contribution in [0.2, 0.25) is 0 Å². The van der Waals surface area contributed by atoms with Crippen LogP contribution < -0.4 is 20.1 Å². The number of ether oxygens (including phenoxy) is 4. The minimum absolute atomic E-state index is 0. The Morgan fingerprint density at radius 3 is 2.81 bits per heavy atom. The average molecular weight is 493 g/mol. The lowest BCUT2D eigenvalue weighted by molar-refractivity contribution is 0.0420. The molecule has 27 heavy (non-hydrogen) atoms. The fourth-order valence-electron chi connectivity index (χ4n) is 2.68. The standard InChI is InChI=1S/C19H31N3O4.HI/c1-4-25-18-12-15(6-7-17(18)23-3)13-22-19(20-2)21-9-5-10-26-16-8-11-24-14-16;/h6-7,12,16H,4-5,8-11,13-14H2,1-3H3,(H2,20,21,22);1H. The SMILES string of the molecule is CCOc1cc(CNC(=NC)NCCCOC2CCOC2)ccc1OC.I. The molecule has 2 N–H and O–H groups in total. The number of rotatable bonds is 10. The van der Waals surface area contributed by atoms with Gasteiger partial charge in [0.15, 0.2) is 17.5 Å². The van der Waals surface area contributed by atoms with E-state index in [0.29, 0.717) is 13.2 Å². The Morgan fingerprint density at radius 1 is 1.30 bits per heavy atom. The second kappa shape index (κ2) is 13.8. The first-order chi connectivity index (χ1) is 12.8. The van der Waals surface area contributed by atoms with Crippen molar-refractivity contribution in [3.63, 3.8) is 0 Å². The number of nitrogens with zero attached hydrogens (tertiary/aromatic N) is 1. The summed E-state index contributed by atoms with van der Waals surface area (Å²) in [4.78, 5) is 4.25. The summed E-state index contributed by atoms with van der Waals surface area (Å²) in [6.07, 6.45) is 2.19. The van der Waals surface area contributed by atoms with E-state index in [0.717, 1.165) is 62.2 Å². The first-order valence-electron chi connectivity index (χ1n) is 9.20. The van der Waals surface area contributed by atoms with Crippen molar-refractivity contribution in [3.8, 4) is 11.5 Å². The number of aliphatic imine (C=N–C) groups is 1. The van der Waals surface area contributed by atoms with Crippen LogP contribution in [0.4, 0.5) is 0 Å². The summed E-state index contributed by atoms with van der Waals surface area (Å²) in [6.45, 7) is 6.29. The van der Waals surface area contributed by atoms with Crippen LogP contribution >= 0.6 is 24.0 Å². The van der Waals surface area contributed by atoms with Crippen LogP contribution in [0.1, 0.15) is 25.3 Å². The highest BCUT2D eigenvalue weighted by atomic mass is 127. The number of methoxy groups -OCH3 is 1. The van der Waals surface area contributed by atoms with E-state index >= 15 is 0 Å². The van der Waals surface area contributed by atoms with Crippen molar-refractivity contribution < 1.29 is 18.9 Å². The Morgan fingerprint density at radius 2 is 2.15 bits per heavy atom. The van der Waals surface area contributed by atoms with Crippen LogP contribution in [0.5, 0.6) is 11.5 Å². The third-order valence-corrected chi connectivity index (χ3v) is 4.07. The molecule has 0 amide bonds. The molecule has 0 saturated carbocycles. The maximum atomic E-state index is 5.75. The molecule has 1 atom stereocenters. The Balaban J connectivity index is 0.00000364. The monoisotopic (exact) mass is 493 g/mol. The van der Waals surface area contributed by atoms with Crippen LogP contribution in [0.25, 0.3) is 0 Å². The van der Waals surface area contributed by atoms with Gasteiger partial charge in [-0.3, -0.25) is 4.99 Å². The van der Waals surface area contributed by atoms with Crippen LogP contribution in [0.3, 0.4) is 0 Å². The molecular weight excluding hydrogens is 461 g/mol. The van der Waals surface area contributed by atoms with Gasteiger partial charge in [0.05, 0.1) is 26.4 Å². The Hall–Kier alpha value is -1.26. The summed E-state index contributed by atoms with van der Waals surface area (Å²) in [5, 5.41) is 6.61. The van der Waals surface area contributed by atoms with Gasteiger partial charge in [-0.2, -0.15) is 0 Å². The van der Waals surface area contributed by atoms with E-state index in [1.165, 1.54) is 0 Å². The molecule has 1 aliphatic rings. The number of hydrogen-bond acceptors (Lipinski definition) is 5. The van der Waals surface area contributed by atoms with Gasteiger partial charge in [-0.25, -0.2) is 0 Å². The van der Waals surface area contributed by atoms with E-state index in [4.69, 9.17) is 18.9 Å². The zero-order chi connectivity index (χ0) is 18.6. The molecule has 1 aromatic rings.